The Balaban J connectivity index is 0.00000220. The Morgan fingerprint density at radius 3 is 2.48 bits per heavy atom. The molecule has 0 fully saturated rings. The van der Waals surface area contributed by atoms with Crippen molar-refractivity contribution in [1.82, 2.24) is 9.78 Å². The average molecular weight is 311 g/mol. The molecule has 0 saturated carbocycles. The van der Waals surface area contributed by atoms with Crippen molar-refractivity contribution >= 4 is 16.0 Å². The van der Waals surface area contributed by atoms with Gasteiger partial charge in [0, 0.05) is 6.07 Å². The Bertz CT molecular complexity index is 723. The molecule has 8 heteroatoms. The fraction of sp³-hybridized carbons (Fsp3) is 0.231. The minimum Gasteiger partial charge on any atom is -0.461 e. The van der Waals surface area contributed by atoms with Crippen LogP contribution in [0.15, 0.2) is 41.4 Å². The maximum Gasteiger partial charge on any atom is 0.357 e. The smallest absolute Gasteiger partial charge is 0.357 e. The zero-order chi connectivity index (χ0) is 14.8. The summed E-state index contributed by atoms with van der Waals surface area (Å²) in [5.74, 6) is -0.668. The van der Waals surface area contributed by atoms with E-state index in [-0.39, 0.29) is 24.8 Å². The standard InChI is InChI=1S/C12H13N3O4S.CH4/c1-2-19-12(16)10-8-11(20(13,17)18)14-15(10)9-6-4-3-5-7-9;/h3-8H,2H2,1H3,(H2,13,17,18);1H4. The summed E-state index contributed by atoms with van der Waals surface area (Å²) in [5.41, 5.74) is 0.535. The highest BCUT2D eigenvalue weighted by Crippen LogP contribution is 2.16. The number of carbonyl (C=O) groups excluding carboxylic acids is 1. The molecule has 0 aliphatic heterocycles. The van der Waals surface area contributed by atoms with Crippen molar-refractivity contribution in [2.45, 2.75) is 19.4 Å². The summed E-state index contributed by atoms with van der Waals surface area (Å²) in [4.78, 5) is 11.9. The third-order valence-electron chi connectivity index (χ3n) is 2.46. The molecule has 7 nitrogen and oxygen atoms in total. The van der Waals surface area contributed by atoms with E-state index in [1.165, 1.54) is 4.68 Å². The molecule has 1 aromatic carbocycles. The molecule has 0 unspecified atom stereocenters. The molecule has 21 heavy (non-hydrogen) atoms. The van der Waals surface area contributed by atoms with Gasteiger partial charge in [0.25, 0.3) is 10.0 Å². The van der Waals surface area contributed by atoms with Gasteiger partial charge in [-0.3, -0.25) is 0 Å². The summed E-state index contributed by atoms with van der Waals surface area (Å²) in [6, 6.07) is 9.73. The lowest BCUT2D eigenvalue weighted by Gasteiger charge is -2.06. The van der Waals surface area contributed by atoms with Crippen LogP contribution in [-0.2, 0) is 14.8 Å². The number of nitrogens with zero attached hydrogens (tertiary/aromatic N) is 2. The van der Waals surface area contributed by atoms with E-state index in [1.54, 1.807) is 37.3 Å². The van der Waals surface area contributed by atoms with Crippen LogP contribution in [0.3, 0.4) is 0 Å². The Morgan fingerprint density at radius 1 is 1.33 bits per heavy atom. The van der Waals surface area contributed by atoms with E-state index in [1.807, 2.05) is 0 Å². The van der Waals surface area contributed by atoms with Crippen molar-refractivity contribution in [2.24, 2.45) is 5.14 Å². The summed E-state index contributed by atoms with van der Waals surface area (Å²) >= 11 is 0. The third-order valence-corrected chi connectivity index (χ3v) is 3.25. The highest BCUT2D eigenvalue weighted by atomic mass is 32.2. The molecule has 0 spiro atoms. The van der Waals surface area contributed by atoms with Crippen LogP contribution in [0, 0.1) is 0 Å². The third kappa shape index (κ3) is 3.67. The van der Waals surface area contributed by atoms with Crippen molar-refractivity contribution in [3.05, 3.63) is 42.1 Å². The summed E-state index contributed by atoms with van der Waals surface area (Å²) in [5, 5.41) is 8.51. The van der Waals surface area contributed by atoms with Gasteiger partial charge in [-0.05, 0) is 19.1 Å². The molecule has 0 radical (unpaired) electrons. The number of sulfonamides is 1. The van der Waals surface area contributed by atoms with Crippen molar-refractivity contribution in [3.63, 3.8) is 0 Å². The van der Waals surface area contributed by atoms with Crippen LogP contribution < -0.4 is 5.14 Å². The van der Waals surface area contributed by atoms with Crippen LogP contribution in [-0.4, -0.2) is 30.8 Å². The molecule has 2 rings (SSSR count). The van der Waals surface area contributed by atoms with Gasteiger partial charge in [0.1, 0.15) is 0 Å². The molecule has 0 aliphatic carbocycles. The molecule has 0 aliphatic rings. The zero-order valence-corrected chi connectivity index (χ0v) is 11.5. The fourth-order valence-corrected chi connectivity index (χ4v) is 2.09. The van der Waals surface area contributed by atoms with E-state index >= 15 is 0 Å². The molecule has 0 amide bonds. The first kappa shape index (κ1) is 16.9. The van der Waals surface area contributed by atoms with Gasteiger partial charge in [-0.2, -0.15) is 5.10 Å². The summed E-state index contributed by atoms with van der Waals surface area (Å²) in [7, 11) is -4.00. The van der Waals surface area contributed by atoms with E-state index in [0.717, 1.165) is 6.07 Å². The maximum absolute atomic E-state index is 11.9. The number of hydrogen-bond acceptors (Lipinski definition) is 5. The zero-order valence-electron chi connectivity index (χ0n) is 10.7. The second-order valence-corrected chi connectivity index (χ2v) is 5.39. The lowest BCUT2D eigenvalue weighted by Crippen LogP contribution is -2.13. The molecule has 114 valence electrons. The molecule has 1 heterocycles. The van der Waals surface area contributed by atoms with Gasteiger partial charge >= 0.3 is 5.97 Å². The number of aromatic nitrogens is 2. The number of nitrogens with two attached hydrogens (primary N) is 1. The van der Waals surface area contributed by atoms with E-state index in [4.69, 9.17) is 9.88 Å². The molecule has 1 aromatic heterocycles. The quantitative estimate of drug-likeness (QED) is 0.858. The minimum atomic E-state index is -4.00. The molecule has 2 aromatic rings. The number of carbonyl (C=O) groups is 1. The Kier molecular flexibility index (Phi) is 5.23. The van der Waals surface area contributed by atoms with Gasteiger partial charge in [-0.1, -0.05) is 25.6 Å². The number of ether oxygens (including phenoxy) is 1. The average Bonchev–Trinajstić information content (AvgIpc) is 2.85. The second kappa shape index (κ2) is 6.51. The topological polar surface area (TPSA) is 104 Å². The van der Waals surface area contributed by atoms with Gasteiger partial charge in [0.05, 0.1) is 12.3 Å². The van der Waals surface area contributed by atoms with Gasteiger partial charge in [-0.15, -0.1) is 0 Å². The lowest BCUT2D eigenvalue weighted by atomic mass is 10.3. The predicted molar refractivity (Wildman–Crippen MR) is 77.6 cm³/mol. The summed E-state index contributed by atoms with van der Waals surface area (Å²) in [6.45, 7) is 1.82. The van der Waals surface area contributed by atoms with Crippen LogP contribution in [0.2, 0.25) is 0 Å². The highest BCUT2D eigenvalue weighted by molar-refractivity contribution is 7.89. The number of benzene rings is 1. The normalized spacial score (nSPS) is 10.8. The van der Waals surface area contributed by atoms with Crippen molar-refractivity contribution in [1.29, 1.82) is 0 Å². The van der Waals surface area contributed by atoms with Crippen LogP contribution in [0.25, 0.3) is 5.69 Å². The Hall–Kier alpha value is -2.19. The maximum atomic E-state index is 11.9. The van der Waals surface area contributed by atoms with Crippen molar-refractivity contribution in [3.8, 4) is 5.69 Å². The van der Waals surface area contributed by atoms with Gasteiger partial charge in [0.15, 0.2) is 10.7 Å². The summed E-state index contributed by atoms with van der Waals surface area (Å²) < 4.78 is 28.8. The van der Waals surface area contributed by atoms with E-state index < -0.39 is 16.0 Å². The van der Waals surface area contributed by atoms with E-state index in [2.05, 4.69) is 5.10 Å². The largest absolute Gasteiger partial charge is 0.461 e. The van der Waals surface area contributed by atoms with Gasteiger partial charge < -0.3 is 4.74 Å². The van der Waals surface area contributed by atoms with Gasteiger partial charge in [-0.25, -0.2) is 23.0 Å². The van der Waals surface area contributed by atoms with Gasteiger partial charge in [0.2, 0.25) is 0 Å². The Morgan fingerprint density at radius 2 is 1.95 bits per heavy atom. The first-order valence-corrected chi connectivity index (χ1v) is 7.33. The molecular weight excluding hydrogens is 294 g/mol. The lowest BCUT2D eigenvalue weighted by molar-refractivity contribution is 0.0515. The first-order valence-electron chi connectivity index (χ1n) is 5.79. The van der Waals surface area contributed by atoms with Crippen LogP contribution in [0.5, 0.6) is 0 Å². The number of primary sulfonamides is 1. The number of esters is 1. The molecule has 0 bridgehead atoms. The number of rotatable bonds is 4. The fourth-order valence-electron chi connectivity index (χ4n) is 1.61. The van der Waals surface area contributed by atoms with Crippen molar-refractivity contribution < 1.29 is 17.9 Å². The predicted octanol–water partition coefficient (Wildman–Crippen LogP) is 1.33. The highest BCUT2D eigenvalue weighted by Gasteiger charge is 2.22. The molecule has 2 N–H and O–H groups in total. The Labute approximate surface area is 123 Å². The number of hydrogen-bond donors (Lipinski definition) is 1. The van der Waals surface area contributed by atoms with Crippen LogP contribution in [0.4, 0.5) is 0 Å². The monoisotopic (exact) mass is 311 g/mol. The SMILES string of the molecule is C.CCOC(=O)c1cc(S(N)(=O)=O)nn1-c1ccccc1. The molecule has 0 atom stereocenters. The summed E-state index contributed by atoms with van der Waals surface area (Å²) in [6.07, 6.45) is 0. The van der Waals surface area contributed by atoms with Crippen molar-refractivity contribution in [2.75, 3.05) is 6.61 Å². The van der Waals surface area contributed by atoms with E-state index in [9.17, 15) is 13.2 Å². The molecule has 0 saturated heterocycles. The van der Waals surface area contributed by atoms with Crippen LogP contribution >= 0.6 is 0 Å². The van der Waals surface area contributed by atoms with E-state index in [0.29, 0.717) is 5.69 Å². The van der Waals surface area contributed by atoms with Crippen LogP contribution in [0.1, 0.15) is 24.8 Å². The number of para-hydroxylation sites is 1. The second-order valence-electron chi connectivity index (χ2n) is 3.88. The minimum absolute atomic E-state index is 0. The first-order chi connectivity index (χ1) is 9.43. The molecular formula is C13H17N3O4S.